The van der Waals surface area contributed by atoms with E-state index in [1.807, 2.05) is 12.1 Å². The second-order valence-corrected chi connectivity index (χ2v) is 10.9. The van der Waals surface area contributed by atoms with Gasteiger partial charge in [0.2, 0.25) is 5.88 Å². The molecular weight excluding hydrogens is 427 g/mol. The summed E-state index contributed by atoms with van der Waals surface area (Å²) in [5.74, 6) is 5.04. The average Bonchev–Trinajstić information content (AvgIpc) is 3.61. The van der Waals surface area contributed by atoms with E-state index in [1.54, 1.807) is 13.2 Å². The Morgan fingerprint density at radius 3 is 2.71 bits per heavy atom. The Hall–Kier alpha value is -2.63. The maximum atomic E-state index is 15.2. The van der Waals surface area contributed by atoms with Gasteiger partial charge < -0.3 is 14.6 Å². The van der Waals surface area contributed by atoms with Crippen LogP contribution >= 0.6 is 0 Å². The first-order valence-electron chi connectivity index (χ1n) is 13.0. The Morgan fingerprint density at radius 2 is 1.91 bits per heavy atom. The highest BCUT2D eigenvalue weighted by molar-refractivity contribution is 5.81. The van der Waals surface area contributed by atoms with Gasteiger partial charge in [0.15, 0.2) is 5.82 Å². The van der Waals surface area contributed by atoms with Gasteiger partial charge in [0.05, 0.1) is 23.7 Å². The quantitative estimate of drug-likeness (QED) is 0.488. The third-order valence-electron chi connectivity index (χ3n) is 8.86. The zero-order valence-corrected chi connectivity index (χ0v) is 20.5. The maximum absolute atomic E-state index is 15.2. The van der Waals surface area contributed by atoms with Gasteiger partial charge in [-0.05, 0) is 79.9 Å². The first-order chi connectivity index (χ1) is 16.5. The molecule has 0 aromatic carbocycles. The molecule has 5 atom stereocenters. The molecule has 0 bridgehead atoms. The third-order valence-corrected chi connectivity index (χ3v) is 8.86. The molecule has 180 valence electrons. The number of nitrogens with one attached hydrogen (secondary N) is 1. The number of anilines is 1. The number of halogens is 1. The van der Waals surface area contributed by atoms with E-state index in [9.17, 15) is 0 Å². The molecule has 34 heavy (non-hydrogen) atoms. The standard InChI is InChI=1S/C28H35FN4O/c1-16-6-7-20-18(12-17(2)26(16)20)13-19-14-23-24(30-19)15-22(29)27(31-23)21-8-9-25(32-28(21)34-3)33-10-4-5-11-33/h8-9,14-18,20,26,30H,4-7,10-13H2,1-3H3. The van der Waals surface area contributed by atoms with Crippen molar-refractivity contribution in [2.24, 2.45) is 29.6 Å². The molecule has 6 heteroatoms. The Morgan fingerprint density at radius 1 is 1.09 bits per heavy atom. The van der Waals surface area contributed by atoms with Gasteiger partial charge >= 0.3 is 0 Å². The third kappa shape index (κ3) is 3.66. The van der Waals surface area contributed by atoms with Crippen LogP contribution in [0.1, 0.15) is 51.6 Å². The molecule has 0 radical (unpaired) electrons. The van der Waals surface area contributed by atoms with Crippen LogP contribution in [0.3, 0.4) is 0 Å². The van der Waals surface area contributed by atoms with Crippen LogP contribution in [0.4, 0.5) is 10.2 Å². The molecular formula is C28H35FN4O. The van der Waals surface area contributed by atoms with E-state index in [4.69, 9.17) is 9.72 Å². The van der Waals surface area contributed by atoms with Crippen LogP contribution in [-0.2, 0) is 6.42 Å². The lowest BCUT2D eigenvalue weighted by Crippen LogP contribution is -2.19. The zero-order chi connectivity index (χ0) is 23.4. The highest BCUT2D eigenvalue weighted by Crippen LogP contribution is 2.54. The largest absolute Gasteiger partial charge is 0.480 e. The summed E-state index contributed by atoms with van der Waals surface area (Å²) in [6, 6.07) is 7.54. The van der Waals surface area contributed by atoms with Gasteiger partial charge in [0.25, 0.3) is 0 Å². The summed E-state index contributed by atoms with van der Waals surface area (Å²) < 4.78 is 20.8. The number of fused-ring (bicyclic) bond motifs is 2. The molecule has 5 unspecified atom stereocenters. The van der Waals surface area contributed by atoms with E-state index >= 15 is 4.39 Å². The van der Waals surface area contributed by atoms with E-state index in [-0.39, 0.29) is 5.82 Å². The van der Waals surface area contributed by atoms with Crippen molar-refractivity contribution >= 4 is 16.9 Å². The lowest BCUT2D eigenvalue weighted by Gasteiger charge is -2.20. The minimum absolute atomic E-state index is 0.301. The molecule has 6 rings (SSSR count). The lowest BCUT2D eigenvalue weighted by atomic mass is 9.85. The number of methoxy groups -OCH3 is 1. The van der Waals surface area contributed by atoms with E-state index < -0.39 is 0 Å². The average molecular weight is 463 g/mol. The molecule has 2 aliphatic carbocycles. The number of hydrogen-bond donors (Lipinski definition) is 1. The Labute approximate surface area is 201 Å². The van der Waals surface area contributed by atoms with Crippen molar-refractivity contribution in [3.8, 4) is 17.1 Å². The van der Waals surface area contributed by atoms with Crippen molar-refractivity contribution in [2.75, 3.05) is 25.1 Å². The second kappa shape index (κ2) is 8.54. The van der Waals surface area contributed by atoms with Gasteiger partial charge in [-0.1, -0.05) is 20.3 Å². The van der Waals surface area contributed by atoms with Crippen LogP contribution in [-0.4, -0.2) is 35.2 Å². The minimum atomic E-state index is -0.353. The number of nitrogens with zero attached hydrogens (tertiary/aromatic N) is 3. The topological polar surface area (TPSA) is 54.0 Å². The normalized spacial score (nSPS) is 28.7. The number of aromatic amines is 1. The maximum Gasteiger partial charge on any atom is 0.224 e. The first-order valence-corrected chi connectivity index (χ1v) is 13.0. The molecule has 2 saturated carbocycles. The number of pyridine rings is 2. The predicted molar refractivity (Wildman–Crippen MR) is 134 cm³/mol. The van der Waals surface area contributed by atoms with Crippen molar-refractivity contribution in [3.05, 3.63) is 35.8 Å². The molecule has 1 N–H and O–H groups in total. The Kier molecular flexibility index (Phi) is 5.50. The molecule has 0 spiro atoms. The summed E-state index contributed by atoms with van der Waals surface area (Å²) in [5.41, 5.74) is 3.64. The van der Waals surface area contributed by atoms with E-state index in [2.05, 4.69) is 34.8 Å². The lowest BCUT2D eigenvalue weighted by molar-refractivity contribution is 0.287. The second-order valence-electron chi connectivity index (χ2n) is 10.9. The molecule has 3 aromatic heterocycles. The van der Waals surface area contributed by atoms with Gasteiger partial charge in [-0.3, -0.25) is 0 Å². The van der Waals surface area contributed by atoms with Crippen molar-refractivity contribution in [1.82, 2.24) is 15.0 Å². The van der Waals surface area contributed by atoms with E-state index in [0.717, 1.165) is 60.0 Å². The summed E-state index contributed by atoms with van der Waals surface area (Å²) in [6.45, 7) is 6.87. The molecule has 3 aromatic rings. The van der Waals surface area contributed by atoms with Gasteiger partial charge in [-0.15, -0.1) is 0 Å². The van der Waals surface area contributed by atoms with Gasteiger partial charge in [-0.25, -0.2) is 9.37 Å². The SMILES string of the molecule is COc1nc(N2CCCC2)ccc1-c1nc2cc(CC3CC(C)C4C(C)CCC34)[nH]c2cc1F. The van der Waals surface area contributed by atoms with Crippen molar-refractivity contribution in [1.29, 1.82) is 0 Å². The summed E-state index contributed by atoms with van der Waals surface area (Å²) in [6.07, 6.45) is 7.40. The molecule has 0 amide bonds. The molecule has 3 aliphatic rings. The van der Waals surface area contributed by atoms with Crippen molar-refractivity contribution in [2.45, 2.75) is 52.4 Å². The van der Waals surface area contributed by atoms with Crippen LogP contribution in [0.15, 0.2) is 24.3 Å². The number of H-pyrrole nitrogens is 1. The fraction of sp³-hybridized carbons (Fsp3) is 0.571. The number of rotatable bonds is 5. The number of aromatic nitrogens is 3. The van der Waals surface area contributed by atoms with Crippen LogP contribution in [0.2, 0.25) is 0 Å². The van der Waals surface area contributed by atoms with Gasteiger partial charge in [0, 0.05) is 24.8 Å². The fourth-order valence-corrected chi connectivity index (χ4v) is 7.40. The number of ether oxygens (including phenoxy) is 1. The van der Waals surface area contributed by atoms with Gasteiger partial charge in [-0.2, -0.15) is 4.98 Å². The summed E-state index contributed by atoms with van der Waals surface area (Å²) >= 11 is 0. The molecule has 1 saturated heterocycles. The van der Waals surface area contributed by atoms with Crippen LogP contribution < -0.4 is 9.64 Å². The highest BCUT2D eigenvalue weighted by Gasteiger charge is 2.46. The monoisotopic (exact) mass is 462 g/mol. The smallest absolute Gasteiger partial charge is 0.224 e. The molecule has 5 nitrogen and oxygen atoms in total. The van der Waals surface area contributed by atoms with E-state index in [1.165, 1.54) is 37.8 Å². The molecule has 3 fully saturated rings. The van der Waals surface area contributed by atoms with Crippen molar-refractivity contribution in [3.63, 3.8) is 0 Å². The summed E-state index contributed by atoms with van der Waals surface area (Å²) in [4.78, 5) is 15.1. The van der Waals surface area contributed by atoms with E-state index in [0.29, 0.717) is 23.1 Å². The van der Waals surface area contributed by atoms with Crippen LogP contribution in [0.5, 0.6) is 5.88 Å². The zero-order valence-electron chi connectivity index (χ0n) is 20.5. The Balaban J connectivity index is 1.29. The minimum Gasteiger partial charge on any atom is -0.480 e. The molecule has 4 heterocycles. The summed E-state index contributed by atoms with van der Waals surface area (Å²) in [5, 5.41) is 0. The highest BCUT2D eigenvalue weighted by atomic mass is 19.1. The predicted octanol–water partition coefficient (Wildman–Crippen LogP) is 6.23. The Bertz CT molecular complexity index is 1200. The van der Waals surface area contributed by atoms with Crippen LogP contribution in [0.25, 0.3) is 22.3 Å². The summed E-state index contributed by atoms with van der Waals surface area (Å²) in [7, 11) is 1.59. The van der Waals surface area contributed by atoms with Crippen LogP contribution in [0, 0.1) is 35.4 Å². The first kappa shape index (κ1) is 21.9. The van der Waals surface area contributed by atoms with Crippen molar-refractivity contribution < 1.29 is 9.13 Å². The molecule has 1 aliphatic heterocycles. The van der Waals surface area contributed by atoms with Gasteiger partial charge in [0.1, 0.15) is 11.5 Å². The number of hydrogen-bond acceptors (Lipinski definition) is 4. The fourth-order valence-electron chi connectivity index (χ4n) is 7.40.